The highest BCUT2D eigenvalue weighted by atomic mass is 32.2. The molecule has 0 unspecified atom stereocenters. The molecule has 0 bridgehead atoms. The molecule has 1 aliphatic heterocycles. The van der Waals surface area contributed by atoms with Crippen LogP contribution in [0, 0.1) is 11.3 Å². The molecule has 134 valence electrons. The molecule has 1 aliphatic rings. The zero-order valence-electron chi connectivity index (χ0n) is 14.8. The molecule has 0 saturated carbocycles. The Morgan fingerprint density at radius 1 is 1.17 bits per heavy atom. The number of nitrogens with zero attached hydrogens (tertiary/aromatic N) is 1. The van der Waals surface area contributed by atoms with Crippen molar-refractivity contribution in [1.82, 2.24) is 10.2 Å². The number of carbonyl (C=O) groups excluding carboxylic acids is 1. The first-order chi connectivity index (χ1) is 11.2. The van der Waals surface area contributed by atoms with Crippen LogP contribution in [0.2, 0.25) is 0 Å². The summed E-state index contributed by atoms with van der Waals surface area (Å²) in [6.45, 7) is 8.10. The Morgan fingerprint density at radius 2 is 1.75 bits per heavy atom. The van der Waals surface area contributed by atoms with Gasteiger partial charge in [0.15, 0.2) is 9.84 Å². The number of rotatable bonds is 4. The summed E-state index contributed by atoms with van der Waals surface area (Å²) in [5.41, 5.74) is 0.0533. The minimum absolute atomic E-state index is 0.0470. The summed E-state index contributed by atoms with van der Waals surface area (Å²) < 4.78 is 24.9. The SMILES string of the molecule is CC(C)(C)CNC(=O)N1CCC(CS(=O)(=O)c2ccccc2)CC1. The van der Waals surface area contributed by atoms with Crippen LogP contribution in [0.25, 0.3) is 0 Å². The third kappa shape index (κ3) is 5.51. The summed E-state index contributed by atoms with van der Waals surface area (Å²) in [5.74, 6) is 0.274. The highest BCUT2D eigenvalue weighted by molar-refractivity contribution is 7.91. The van der Waals surface area contributed by atoms with Crippen LogP contribution in [0.4, 0.5) is 4.79 Å². The van der Waals surface area contributed by atoms with E-state index in [4.69, 9.17) is 0 Å². The van der Waals surface area contributed by atoms with E-state index in [1.54, 1.807) is 29.2 Å². The summed E-state index contributed by atoms with van der Waals surface area (Å²) in [6, 6.07) is 8.54. The van der Waals surface area contributed by atoms with Gasteiger partial charge in [-0.25, -0.2) is 13.2 Å². The molecule has 5 nitrogen and oxygen atoms in total. The lowest BCUT2D eigenvalue weighted by atomic mass is 9.97. The molecule has 1 saturated heterocycles. The highest BCUT2D eigenvalue weighted by Crippen LogP contribution is 2.22. The van der Waals surface area contributed by atoms with Gasteiger partial charge < -0.3 is 10.2 Å². The molecule has 1 aromatic rings. The van der Waals surface area contributed by atoms with Gasteiger partial charge in [-0.15, -0.1) is 0 Å². The molecule has 1 N–H and O–H groups in total. The van der Waals surface area contributed by atoms with Crippen molar-refractivity contribution in [1.29, 1.82) is 0 Å². The number of urea groups is 1. The number of amides is 2. The maximum Gasteiger partial charge on any atom is 0.317 e. The molecule has 2 rings (SSSR count). The Kier molecular flexibility index (Phi) is 5.91. The summed E-state index contributed by atoms with van der Waals surface area (Å²) >= 11 is 0. The van der Waals surface area contributed by atoms with Gasteiger partial charge in [0.25, 0.3) is 0 Å². The summed E-state index contributed by atoms with van der Waals surface area (Å²) in [5, 5.41) is 2.95. The Balaban J connectivity index is 1.84. The van der Waals surface area contributed by atoms with Crippen molar-refractivity contribution in [2.45, 2.75) is 38.5 Å². The van der Waals surface area contributed by atoms with Crippen molar-refractivity contribution in [3.63, 3.8) is 0 Å². The van der Waals surface area contributed by atoms with E-state index in [-0.39, 0.29) is 23.1 Å². The Bertz CT molecular complexity index is 643. The van der Waals surface area contributed by atoms with Crippen molar-refractivity contribution >= 4 is 15.9 Å². The van der Waals surface area contributed by atoms with Gasteiger partial charge in [-0.2, -0.15) is 0 Å². The second-order valence-electron chi connectivity index (χ2n) is 7.74. The fourth-order valence-corrected chi connectivity index (χ4v) is 4.51. The summed E-state index contributed by atoms with van der Waals surface area (Å²) in [7, 11) is -3.25. The lowest BCUT2D eigenvalue weighted by molar-refractivity contribution is 0.170. The number of carbonyl (C=O) groups is 1. The number of likely N-dealkylation sites (tertiary alicyclic amines) is 1. The predicted molar refractivity (Wildman–Crippen MR) is 95.6 cm³/mol. The third-order valence-corrected chi connectivity index (χ3v) is 6.13. The van der Waals surface area contributed by atoms with Gasteiger partial charge in [0, 0.05) is 19.6 Å². The van der Waals surface area contributed by atoms with Crippen molar-refractivity contribution < 1.29 is 13.2 Å². The van der Waals surface area contributed by atoms with Crippen LogP contribution >= 0.6 is 0 Å². The van der Waals surface area contributed by atoms with Gasteiger partial charge >= 0.3 is 6.03 Å². The van der Waals surface area contributed by atoms with E-state index in [0.717, 1.165) is 12.8 Å². The lowest BCUT2D eigenvalue weighted by Crippen LogP contribution is -2.47. The molecular weight excluding hydrogens is 324 g/mol. The zero-order chi connectivity index (χ0) is 17.8. The lowest BCUT2D eigenvalue weighted by Gasteiger charge is -2.32. The molecule has 24 heavy (non-hydrogen) atoms. The van der Waals surface area contributed by atoms with Gasteiger partial charge in [0.05, 0.1) is 10.6 Å². The van der Waals surface area contributed by atoms with E-state index >= 15 is 0 Å². The standard InChI is InChI=1S/C18H28N2O3S/c1-18(2,3)14-19-17(21)20-11-9-15(10-12-20)13-24(22,23)16-7-5-4-6-8-16/h4-8,15H,9-14H2,1-3H3,(H,19,21). The summed E-state index contributed by atoms with van der Waals surface area (Å²) in [6.07, 6.45) is 1.46. The number of sulfone groups is 1. The van der Waals surface area contributed by atoms with E-state index in [0.29, 0.717) is 24.5 Å². The van der Waals surface area contributed by atoms with Crippen LogP contribution in [0.15, 0.2) is 35.2 Å². The molecule has 1 heterocycles. The second kappa shape index (κ2) is 7.55. The predicted octanol–water partition coefficient (Wildman–Crippen LogP) is 2.93. The number of piperidine rings is 1. The van der Waals surface area contributed by atoms with Crippen molar-refractivity contribution in [2.75, 3.05) is 25.4 Å². The van der Waals surface area contributed by atoms with Crippen LogP contribution < -0.4 is 5.32 Å². The minimum Gasteiger partial charge on any atom is -0.337 e. The molecule has 1 fully saturated rings. The number of hydrogen-bond acceptors (Lipinski definition) is 3. The van der Waals surface area contributed by atoms with Crippen LogP contribution in [-0.4, -0.2) is 44.7 Å². The minimum atomic E-state index is -3.25. The van der Waals surface area contributed by atoms with E-state index in [1.165, 1.54) is 0 Å². The molecule has 0 aliphatic carbocycles. The van der Waals surface area contributed by atoms with Crippen molar-refractivity contribution in [3.05, 3.63) is 30.3 Å². The van der Waals surface area contributed by atoms with Crippen LogP contribution in [0.3, 0.4) is 0 Å². The molecule has 1 aromatic carbocycles. The fourth-order valence-electron chi connectivity index (χ4n) is 2.79. The van der Waals surface area contributed by atoms with Gasteiger partial charge in [0.2, 0.25) is 0 Å². The maximum atomic E-state index is 12.4. The first-order valence-electron chi connectivity index (χ1n) is 8.48. The quantitative estimate of drug-likeness (QED) is 0.906. The van der Waals surface area contributed by atoms with E-state index in [9.17, 15) is 13.2 Å². The number of hydrogen-bond donors (Lipinski definition) is 1. The average molecular weight is 353 g/mol. The first kappa shape index (κ1) is 18.8. The highest BCUT2D eigenvalue weighted by Gasteiger charge is 2.27. The van der Waals surface area contributed by atoms with E-state index in [2.05, 4.69) is 26.1 Å². The molecule has 0 aromatic heterocycles. The molecule has 0 spiro atoms. The molecule has 2 amide bonds. The normalized spacial score (nSPS) is 16.9. The number of benzene rings is 1. The van der Waals surface area contributed by atoms with Gasteiger partial charge in [-0.1, -0.05) is 39.0 Å². The second-order valence-corrected chi connectivity index (χ2v) is 9.78. The van der Waals surface area contributed by atoms with Crippen molar-refractivity contribution in [3.8, 4) is 0 Å². The maximum absolute atomic E-state index is 12.4. The third-order valence-electron chi connectivity index (χ3n) is 4.23. The van der Waals surface area contributed by atoms with Gasteiger partial charge in [-0.3, -0.25) is 0 Å². The van der Waals surface area contributed by atoms with Crippen LogP contribution in [0.1, 0.15) is 33.6 Å². The van der Waals surface area contributed by atoms with Crippen LogP contribution in [0.5, 0.6) is 0 Å². The first-order valence-corrected chi connectivity index (χ1v) is 10.1. The van der Waals surface area contributed by atoms with E-state index in [1.807, 2.05) is 6.07 Å². The molecule has 0 radical (unpaired) electrons. The molecular formula is C18H28N2O3S. The Hall–Kier alpha value is -1.56. The van der Waals surface area contributed by atoms with Gasteiger partial charge in [-0.05, 0) is 36.3 Å². The Morgan fingerprint density at radius 3 is 2.29 bits per heavy atom. The Labute approximate surface area is 145 Å². The average Bonchev–Trinajstić information content (AvgIpc) is 2.53. The fraction of sp³-hybridized carbons (Fsp3) is 0.611. The number of nitrogens with one attached hydrogen (secondary N) is 1. The zero-order valence-corrected chi connectivity index (χ0v) is 15.6. The van der Waals surface area contributed by atoms with Crippen LogP contribution in [-0.2, 0) is 9.84 Å². The monoisotopic (exact) mass is 352 g/mol. The van der Waals surface area contributed by atoms with E-state index < -0.39 is 9.84 Å². The molecule has 6 heteroatoms. The molecule has 0 atom stereocenters. The largest absolute Gasteiger partial charge is 0.337 e. The summed E-state index contributed by atoms with van der Waals surface area (Å²) in [4.78, 5) is 14.3. The topological polar surface area (TPSA) is 66.5 Å². The van der Waals surface area contributed by atoms with Crippen molar-refractivity contribution in [2.24, 2.45) is 11.3 Å². The van der Waals surface area contributed by atoms with Gasteiger partial charge in [0.1, 0.15) is 0 Å². The smallest absolute Gasteiger partial charge is 0.317 e.